The van der Waals surface area contributed by atoms with Crippen LogP contribution >= 0.6 is 0 Å². The molecule has 0 unspecified atom stereocenters. The zero-order chi connectivity index (χ0) is 27.4. The van der Waals surface area contributed by atoms with Gasteiger partial charge in [-0.3, -0.25) is 29.2 Å². The molecule has 1 fully saturated rings. The van der Waals surface area contributed by atoms with Crippen molar-refractivity contribution in [3.63, 3.8) is 0 Å². The minimum Gasteiger partial charge on any atom is -0.457 e. The second-order valence-electron chi connectivity index (χ2n) is 10.2. The van der Waals surface area contributed by atoms with Gasteiger partial charge in [0.25, 0.3) is 5.91 Å². The largest absolute Gasteiger partial charge is 0.457 e. The summed E-state index contributed by atoms with van der Waals surface area (Å²) in [7, 11) is 0. The third-order valence-corrected chi connectivity index (χ3v) is 6.85. The molecule has 2 aromatic rings. The average Bonchev–Trinajstić information content (AvgIpc) is 2.90. The summed E-state index contributed by atoms with van der Waals surface area (Å²) in [5, 5.41) is 8.71. The first-order chi connectivity index (χ1) is 18.1. The van der Waals surface area contributed by atoms with Crippen molar-refractivity contribution < 1.29 is 23.9 Å². The Balaban J connectivity index is 1.64. The molecule has 38 heavy (non-hydrogen) atoms. The number of carbonyl (C=O) groups excluding carboxylic acids is 4. The molecule has 5 bridgehead atoms. The number of benzene rings is 1. The lowest BCUT2D eigenvalue weighted by Crippen LogP contribution is -2.61. The molecule has 4 rings (SSSR count). The van der Waals surface area contributed by atoms with Crippen LogP contribution in [0, 0.1) is 5.92 Å². The van der Waals surface area contributed by atoms with E-state index in [1.54, 1.807) is 25.3 Å². The Bertz CT molecular complexity index is 1260. The van der Waals surface area contributed by atoms with Crippen LogP contribution in [0.1, 0.15) is 64.3 Å². The third-order valence-electron chi connectivity index (χ3n) is 6.85. The molecule has 4 atom stereocenters. The van der Waals surface area contributed by atoms with E-state index < -0.39 is 36.1 Å². The molecule has 1 aromatic heterocycles. The molecule has 2 aliphatic heterocycles. The first-order valence-electron chi connectivity index (χ1n) is 13.1. The van der Waals surface area contributed by atoms with E-state index in [9.17, 15) is 19.2 Å². The van der Waals surface area contributed by atoms with Gasteiger partial charge < -0.3 is 15.4 Å². The van der Waals surface area contributed by atoms with Crippen molar-refractivity contribution in [2.24, 2.45) is 5.92 Å². The van der Waals surface area contributed by atoms with Crippen LogP contribution in [0.5, 0.6) is 0 Å². The Kier molecular flexibility index (Phi) is 8.41. The van der Waals surface area contributed by atoms with Gasteiger partial charge in [0.1, 0.15) is 24.2 Å². The second kappa shape index (κ2) is 11.7. The fourth-order valence-corrected chi connectivity index (χ4v) is 4.61. The van der Waals surface area contributed by atoms with Crippen molar-refractivity contribution in [3.05, 3.63) is 47.8 Å². The Morgan fingerprint density at radius 3 is 2.61 bits per heavy atom. The Morgan fingerprint density at radius 1 is 1.05 bits per heavy atom. The van der Waals surface area contributed by atoms with Crippen molar-refractivity contribution in [1.29, 1.82) is 0 Å². The SMILES string of the molecule is CC(C)[C@@H]1NC(=O)C/C=C/c2cc3cc(ccc3cn2)[C@@H](C)OC(=O)[C@@H]2CCCN(N2)C(=O)[C@H](C)NC1=O. The summed E-state index contributed by atoms with van der Waals surface area (Å²) in [6, 6.07) is 5.33. The highest BCUT2D eigenvalue weighted by atomic mass is 16.5. The number of fused-ring (bicyclic) bond motifs is 4. The zero-order valence-corrected chi connectivity index (χ0v) is 22.2. The summed E-state index contributed by atoms with van der Waals surface area (Å²) < 4.78 is 5.77. The van der Waals surface area contributed by atoms with Crippen molar-refractivity contribution in [2.75, 3.05) is 6.54 Å². The number of nitrogens with one attached hydrogen (secondary N) is 3. The van der Waals surface area contributed by atoms with Gasteiger partial charge in [0.2, 0.25) is 11.8 Å². The number of amides is 3. The molecule has 1 aromatic carbocycles. The highest BCUT2D eigenvalue weighted by Crippen LogP contribution is 2.24. The summed E-state index contributed by atoms with van der Waals surface area (Å²) in [6.45, 7) is 7.44. The number of pyridine rings is 1. The lowest BCUT2D eigenvalue weighted by Gasteiger charge is -2.35. The van der Waals surface area contributed by atoms with E-state index in [4.69, 9.17) is 4.74 Å². The molecule has 0 spiro atoms. The molecule has 0 saturated carbocycles. The molecule has 1 saturated heterocycles. The average molecular weight is 522 g/mol. The van der Waals surface area contributed by atoms with E-state index in [-0.39, 0.29) is 24.2 Å². The van der Waals surface area contributed by atoms with Gasteiger partial charge in [-0.15, -0.1) is 0 Å². The van der Waals surface area contributed by atoms with E-state index in [0.717, 1.165) is 16.3 Å². The third kappa shape index (κ3) is 6.36. The Hall–Kier alpha value is -3.79. The van der Waals surface area contributed by atoms with Gasteiger partial charge in [-0.1, -0.05) is 32.1 Å². The van der Waals surface area contributed by atoms with Gasteiger partial charge in [0.15, 0.2) is 0 Å². The standard InChI is InChI=1S/C28H35N5O5/c1-16(2)25-26(35)30-17(3)27(36)33-12-6-8-23(32-33)28(37)38-18(4)19-10-11-20-15-29-22(14-21(20)13-19)7-5-9-24(34)31-25/h5,7,10-11,13-18,23,25,32H,6,8-9,12H2,1-4H3,(H,30,35)(H,31,34)/b7-5+/t17-,18+,23-,25-/m0/s1. The fraction of sp³-hybridized carbons (Fsp3) is 0.464. The lowest BCUT2D eigenvalue weighted by molar-refractivity contribution is -0.157. The molecule has 0 aliphatic carbocycles. The maximum atomic E-state index is 13.1. The monoisotopic (exact) mass is 521 g/mol. The van der Waals surface area contributed by atoms with Crippen LogP contribution in [0.4, 0.5) is 0 Å². The number of esters is 1. The van der Waals surface area contributed by atoms with E-state index in [1.807, 2.05) is 45.0 Å². The number of hydrogen-bond donors (Lipinski definition) is 3. The predicted molar refractivity (Wildman–Crippen MR) is 142 cm³/mol. The van der Waals surface area contributed by atoms with Crippen LogP contribution in [0.25, 0.3) is 16.8 Å². The first kappa shape index (κ1) is 27.3. The van der Waals surface area contributed by atoms with Gasteiger partial charge in [0, 0.05) is 24.5 Å². The molecular weight excluding hydrogens is 486 g/mol. The first-order valence-corrected chi connectivity index (χ1v) is 13.1. The summed E-state index contributed by atoms with van der Waals surface area (Å²) >= 11 is 0. The Morgan fingerprint density at radius 2 is 1.84 bits per heavy atom. The molecular formula is C28H35N5O5. The molecule has 3 heterocycles. The molecule has 3 amide bonds. The van der Waals surface area contributed by atoms with Crippen LogP contribution < -0.4 is 16.1 Å². The Labute approximate surface area is 222 Å². The highest BCUT2D eigenvalue weighted by Gasteiger charge is 2.33. The van der Waals surface area contributed by atoms with Crippen LogP contribution in [0.2, 0.25) is 0 Å². The normalized spacial score (nSPS) is 26.6. The van der Waals surface area contributed by atoms with Gasteiger partial charge in [-0.2, -0.15) is 0 Å². The smallest absolute Gasteiger partial charge is 0.325 e. The second-order valence-corrected chi connectivity index (χ2v) is 10.2. The number of aromatic nitrogens is 1. The number of nitrogens with zero attached hydrogens (tertiary/aromatic N) is 2. The summed E-state index contributed by atoms with van der Waals surface area (Å²) in [5.74, 6) is -1.77. The highest BCUT2D eigenvalue weighted by molar-refractivity contribution is 5.92. The molecule has 202 valence electrons. The van der Waals surface area contributed by atoms with Crippen molar-refractivity contribution in [2.45, 2.75) is 71.2 Å². The number of carbonyl (C=O) groups is 4. The number of ether oxygens (including phenoxy) is 1. The summed E-state index contributed by atoms with van der Waals surface area (Å²) in [4.78, 5) is 56.1. The summed E-state index contributed by atoms with van der Waals surface area (Å²) in [5.41, 5.74) is 4.48. The van der Waals surface area contributed by atoms with Gasteiger partial charge in [0.05, 0.1) is 5.69 Å². The van der Waals surface area contributed by atoms with Crippen LogP contribution in [-0.2, 0) is 23.9 Å². The lowest BCUT2D eigenvalue weighted by atomic mass is 10.0. The van der Waals surface area contributed by atoms with E-state index in [2.05, 4.69) is 21.0 Å². The van der Waals surface area contributed by atoms with E-state index in [0.29, 0.717) is 25.1 Å². The fourth-order valence-electron chi connectivity index (χ4n) is 4.61. The van der Waals surface area contributed by atoms with Crippen molar-refractivity contribution in [1.82, 2.24) is 26.1 Å². The molecule has 10 heteroatoms. The quantitative estimate of drug-likeness (QED) is 0.492. The minimum atomic E-state index is -0.861. The van der Waals surface area contributed by atoms with E-state index >= 15 is 0 Å². The maximum Gasteiger partial charge on any atom is 0.325 e. The molecule has 3 N–H and O–H groups in total. The topological polar surface area (TPSA) is 130 Å². The molecule has 10 nitrogen and oxygen atoms in total. The van der Waals surface area contributed by atoms with Gasteiger partial charge >= 0.3 is 5.97 Å². The maximum absolute atomic E-state index is 13.1. The predicted octanol–water partition coefficient (Wildman–Crippen LogP) is 2.40. The van der Waals surface area contributed by atoms with E-state index in [1.165, 1.54) is 5.01 Å². The summed E-state index contributed by atoms with van der Waals surface area (Å²) in [6.07, 6.45) is 5.90. The van der Waals surface area contributed by atoms with Crippen LogP contribution in [0.15, 0.2) is 36.5 Å². The number of rotatable bonds is 1. The van der Waals surface area contributed by atoms with Crippen LogP contribution in [0.3, 0.4) is 0 Å². The molecule has 0 radical (unpaired) electrons. The van der Waals surface area contributed by atoms with Crippen LogP contribution in [-0.4, -0.2) is 58.4 Å². The van der Waals surface area contributed by atoms with Gasteiger partial charge in [-0.05, 0) is 61.8 Å². The van der Waals surface area contributed by atoms with Crippen molar-refractivity contribution in [3.8, 4) is 0 Å². The van der Waals surface area contributed by atoms with Gasteiger partial charge in [-0.25, -0.2) is 5.43 Å². The minimum absolute atomic E-state index is 0.0663. The zero-order valence-electron chi connectivity index (χ0n) is 22.2. The number of cyclic esters (lactones) is 1. The number of hydrazine groups is 1. The van der Waals surface area contributed by atoms with Crippen molar-refractivity contribution >= 4 is 40.5 Å². The molecule has 2 aliphatic rings. The number of hydrogen-bond acceptors (Lipinski definition) is 7.